The van der Waals surface area contributed by atoms with Gasteiger partial charge in [0.25, 0.3) is 5.91 Å². The maximum absolute atomic E-state index is 12.1. The van der Waals surface area contributed by atoms with Crippen LogP contribution in [0.5, 0.6) is 0 Å². The molecule has 1 N–H and O–H groups in total. The molecular weight excluding hydrogens is 324 g/mol. The summed E-state index contributed by atoms with van der Waals surface area (Å²) in [5.74, 6) is 0.663. The minimum Gasteiger partial charge on any atom is -0.361 e. The van der Waals surface area contributed by atoms with Crippen molar-refractivity contribution < 1.29 is 9.32 Å². The van der Waals surface area contributed by atoms with Crippen LogP contribution in [0.4, 0.5) is 0 Å². The number of nitrogens with zero attached hydrogens (tertiary/aromatic N) is 3. The molecule has 0 aliphatic heterocycles. The van der Waals surface area contributed by atoms with E-state index in [2.05, 4.69) is 22.5 Å². The molecule has 0 saturated carbocycles. The fraction of sp³-hybridized carbons (Fsp3) is 0.471. The molecule has 0 aliphatic carbocycles. The van der Waals surface area contributed by atoms with Crippen molar-refractivity contribution in [3.8, 4) is 0 Å². The Bertz CT molecular complexity index is 731. The molecule has 7 heteroatoms. The molecule has 2 aromatic rings. The molecule has 0 aromatic carbocycles. The van der Waals surface area contributed by atoms with Crippen LogP contribution in [0.3, 0.4) is 0 Å². The van der Waals surface area contributed by atoms with Gasteiger partial charge in [0.2, 0.25) is 0 Å². The third-order valence-electron chi connectivity index (χ3n) is 3.49. The summed E-state index contributed by atoms with van der Waals surface area (Å²) in [5.41, 5.74) is 5.46. The molecular formula is C17H24N4O2S. The van der Waals surface area contributed by atoms with Gasteiger partial charge in [-0.15, -0.1) is 11.3 Å². The van der Waals surface area contributed by atoms with Crippen LogP contribution in [0.1, 0.15) is 57.2 Å². The van der Waals surface area contributed by atoms with E-state index in [0.29, 0.717) is 4.88 Å². The maximum Gasteiger partial charge on any atom is 0.277 e. The second-order valence-corrected chi connectivity index (χ2v) is 6.87. The van der Waals surface area contributed by atoms with Crippen molar-refractivity contribution >= 4 is 29.4 Å². The van der Waals surface area contributed by atoms with E-state index in [4.69, 9.17) is 4.52 Å². The smallest absolute Gasteiger partial charge is 0.277 e. The highest BCUT2D eigenvalue weighted by molar-refractivity contribution is 7.14. The SMILES string of the molecule is CCCCc1noc(C)c1C=Cc1nc(C)c(C(=O)NN(C)C)s1. The highest BCUT2D eigenvalue weighted by Crippen LogP contribution is 2.23. The Balaban J connectivity index is 2.18. The van der Waals surface area contributed by atoms with Crippen LogP contribution in [0.15, 0.2) is 4.52 Å². The predicted octanol–water partition coefficient (Wildman–Crippen LogP) is 3.47. The van der Waals surface area contributed by atoms with Crippen molar-refractivity contribution in [3.05, 3.63) is 32.6 Å². The van der Waals surface area contributed by atoms with Gasteiger partial charge in [-0.1, -0.05) is 18.5 Å². The standard InChI is InChI=1S/C17H24N4O2S/c1-6-7-8-14-13(12(3)23-20-14)9-10-15-18-11(2)16(24-15)17(22)19-21(4)5/h9-10H,6-8H2,1-5H3,(H,19,22). The van der Waals surface area contributed by atoms with Crippen LogP contribution >= 0.6 is 11.3 Å². The van der Waals surface area contributed by atoms with Crippen LogP contribution in [0.25, 0.3) is 12.2 Å². The summed E-state index contributed by atoms with van der Waals surface area (Å²) in [7, 11) is 3.56. The van der Waals surface area contributed by atoms with E-state index in [1.54, 1.807) is 19.1 Å². The number of carbonyl (C=O) groups is 1. The Kier molecular flexibility index (Phi) is 6.28. The van der Waals surface area contributed by atoms with Crippen LogP contribution in [0, 0.1) is 13.8 Å². The summed E-state index contributed by atoms with van der Waals surface area (Å²) in [4.78, 5) is 17.2. The number of thiazole rings is 1. The summed E-state index contributed by atoms with van der Waals surface area (Å²) >= 11 is 1.37. The van der Waals surface area contributed by atoms with Gasteiger partial charge in [0, 0.05) is 19.7 Å². The molecule has 6 nitrogen and oxygen atoms in total. The first kappa shape index (κ1) is 18.4. The number of hydrogen-bond acceptors (Lipinski definition) is 6. The first-order valence-electron chi connectivity index (χ1n) is 8.01. The molecule has 0 saturated heterocycles. The lowest BCUT2D eigenvalue weighted by Crippen LogP contribution is -2.35. The topological polar surface area (TPSA) is 71.3 Å². The molecule has 1 amide bonds. The van der Waals surface area contributed by atoms with Gasteiger partial charge in [0.15, 0.2) is 0 Å². The zero-order valence-electron chi connectivity index (χ0n) is 14.8. The van der Waals surface area contributed by atoms with Gasteiger partial charge in [-0.3, -0.25) is 10.2 Å². The van der Waals surface area contributed by atoms with E-state index < -0.39 is 0 Å². The van der Waals surface area contributed by atoms with E-state index in [9.17, 15) is 4.79 Å². The number of aryl methyl sites for hydroxylation is 3. The fourth-order valence-corrected chi connectivity index (χ4v) is 3.13. The largest absolute Gasteiger partial charge is 0.361 e. The number of nitrogens with one attached hydrogen (secondary N) is 1. The minimum atomic E-state index is -0.139. The Morgan fingerprint density at radius 1 is 1.33 bits per heavy atom. The highest BCUT2D eigenvalue weighted by atomic mass is 32.1. The fourth-order valence-electron chi connectivity index (χ4n) is 2.27. The van der Waals surface area contributed by atoms with Crippen LogP contribution < -0.4 is 5.43 Å². The molecule has 0 fully saturated rings. The average Bonchev–Trinajstić information content (AvgIpc) is 3.05. The van der Waals surface area contributed by atoms with E-state index in [1.807, 2.05) is 26.0 Å². The quantitative estimate of drug-likeness (QED) is 0.776. The van der Waals surface area contributed by atoms with Gasteiger partial charge >= 0.3 is 0 Å². The van der Waals surface area contributed by atoms with Gasteiger partial charge in [0.1, 0.15) is 15.6 Å². The number of hydrogen-bond donors (Lipinski definition) is 1. The lowest BCUT2D eigenvalue weighted by atomic mass is 10.1. The van der Waals surface area contributed by atoms with E-state index in [0.717, 1.165) is 47.0 Å². The Morgan fingerprint density at radius 3 is 2.75 bits per heavy atom. The van der Waals surface area contributed by atoms with Gasteiger partial charge in [0.05, 0.1) is 11.4 Å². The number of amides is 1. The molecule has 2 rings (SSSR count). The molecule has 0 radical (unpaired) electrons. The second-order valence-electron chi connectivity index (χ2n) is 5.84. The summed E-state index contributed by atoms with van der Waals surface area (Å²) in [6, 6.07) is 0. The van der Waals surface area contributed by atoms with Crippen molar-refractivity contribution in [2.45, 2.75) is 40.0 Å². The van der Waals surface area contributed by atoms with Crippen LogP contribution in [-0.2, 0) is 6.42 Å². The molecule has 2 heterocycles. The Hall–Kier alpha value is -1.99. The first-order valence-corrected chi connectivity index (χ1v) is 8.83. The summed E-state index contributed by atoms with van der Waals surface area (Å²) in [6.07, 6.45) is 6.99. The predicted molar refractivity (Wildman–Crippen MR) is 96.8 cm³/mol. The van der Waals surface area contributed by atoms with Crippen molar-refractivity contribution in [2.24, 2.45) is 0 Å². The molecule has 0 spiro atoms. The van der Waals surface area contributed by atoms with Crippen LogP contribution in [0.2, 0.25) is 0 Å². The Morgan fingerprint density at radius 2 is 2.08 bits per heavy atom. The van der Waals surface area contributed by atoms with E-state index in [1.165, 1.54) is 11.3 Å². The van der Waals surface area contributed by atoms with Gasteiger partial charge < -0.3 is 4.52 Å². The molecule has 0 aliphatic rings. The zero-order chi connectivity index (χ0) is 17.7. The van der Waals surface area contributed by atoms with Crippen molar-refractivity contribution in [3.63, 3.8) is 0 Å². The first-order chi connectivity index (χ1) is 11.4. The van der Waals surface area contributed by atoms with Gasteiger partial charge in [-0.25, -0.2) is 9.99 Å². The lowest BCUT2D eigenvalue weighted by molar-refractivity contribution is 0.0860. The second kappa shape index (κ2) is 8.21. The third-order valence-corrected chi connectivity index (χ3v) is 4.61. The molecule has 0 bridgehead atoms. The summed E-state index contributed by atoms with van der Waals surface area (Å²) < 4.78 is 5.30. The monoisotopic (exact) mass is 348 g/mol. The molecule has 130 valence electrons. The molecule has 0 atom stereocenters. The van der Waals surface area contributed by atoms with Gasteiger partial charge in [-0.05, 0) is 38.8 Å². The summed E-state index contributed by atoms with van der Waals surface area (Å²) in [5, 5.41) is 6.55. The average molecular weight is 348 g/mol. The Labute approximate surface area is 146 Å². The van der Waals surface area contributed by atoms with Crippen molar-refractivity contribution in [1.82, 2.24) is 20.6 Å². The third kappa shape index (κ3) is 4.52. The number of unbranched alkanes of at least 4 members (excludes halogenated alkanes) is 1. The molecule has 24 heavy (non-hydrogen) atoms. The number of hydrazine groups is 1. The molecule has 2 aromatic heterocycles. The number of rotatable bonds is 7. The van der Waals surface area contributed by atoms with Crippen LogP contribution in [-0.4, -0.2) is 35.2 Å². The zero-order valence-corrected chi connectivity index (χ0v) is 15.7. The van der Waals surface area contributed by atoms with E-state index >= 15 is 0 Å². The maximum atomic E-state index is 12.1. The van der Waals surface area contributed by atoms with Crippen molar-refractivity contribution in [1.29, 1.82) is 0 Å². The normalized spacial score (nSPS) is 11.6. The number of carbonyl (C=O) groups excluding carboxylic acids is 1. The number of aromatic nitrogens is 2. The van der Waals surface area contributed by atoms with Gasteiger partial charge in [-0.2, -0.15) is 0 Å². The molecule has 0 unspecified atom stereocenters. The summed E-state index contributed by atoms with van der Waals surface area (Å²) in [6.45, 7) is 5.90. The minimum absolute atomic E-state index is 0.139. The lowest BCUT2D eigenvalue weighted by Gasteiger charge is -2.10. The van der Waals surface area contributed by atoms with E-state index in [-0.39, 0.29) is 5.91 Å². The highest BCUT2D eigenvalue weighted by Gasteiger charge is 2.15. The van der Waals surface area contributed by atoms with Crippen molar-refractivity contribution in [2.75, 3.05) is 14.1 Å².